The molecule has 2 nitrogen and oxygen atoms in total. The highest BCUT2D eigenvalue weighted by Crippen LogP contribution is 2.38. The molecule has 128 valence electrons. The smallest absolute Gasteiger partial charge is 0.286 e. The van der Waals surface area contributed by atoms with Crippen LogP contribution in [0.4, 0.5) is 8.78 Å². The fraction of sp³-hybridized carbons (Fsp3) is 0.400. The van der Waals surface area contributed by atoms with Crippen molar-refractivity contribution in [3.05, 3.63) is 65.7 Å². The molecule has 1 aliphatic carbocycles. The SMILES string of the molecule is Cc1ccc(O[C@@H]2[C@@H](OCc3ccccc3)CCCC2(F)F)cc1. The lowest BCUT2D eigenvalue weighted by atomic mass is 9.90. The highest BCUT2D eigenvalue weighted by Gasteiger charge is 2.49. The summed E-state index contributed by atoms with van der Waals surface area (Å²) in [5, 5.41) is 0. The standard InChI is InChI=1S/C20H22F2O2/c1-15-9-11-17(12-10-15)24-19-18(8-5-13-20(19,21)22)23-14-16-6-3-2-4-7-16/h2-4,6-7,9-12,18-19H,5,8,13-14H2,1H3/t18-,19+/m0/s1. The van der Waals surface area contributed by atoms with Gasteiger partial charge in [0.1, 0.15) is 11.9 Å². The normalized spacial score (nSPS) is 23.0. The first-order chi connectivity index (χ1) is 11.5. The Morgan fingerprint density at radius 1 is 1.04 bits per heavy atom. The van der Waals surface area contributed by atoms with Gasteiger partial charge in [0.15, 0.2) is 6.10 Å². The van der Waals surface area contributed by atoms with Gasteiger partial charge in [0.05, 0.1) is 6.61 Å². The summed E-state index contributed by atoms with van der Waals surface area (Å²) in [6.45, 7) is 2.26. The van der Waals surface area contributed by atoms with Crippen LogP contribution in [0.15, 0.2) is 54.6 Å². The first kappa shape index (κ1) is 16.9. The van der Waals surface area contributed by atoms with E-state index >= 15 is 0 Å². The summed E-state index contributed by atoms with van der Waals surface area (Å²) in [6.07, 6.45) is -0.999. The number of rotatable bonds is 5. The Hall–Kier alpha value is -1.94. The van der Waals surface area contributed by atoms with Crippen LogP contribution in [-0.4, -0.2) is 18.1 Å². The summed E-state index contributed by atoms with van der Waals surface area (Å²) in [5.74, 6) is -2.43. The molecule has 0 bridgehead atoms. The Morgan fingerprint density at radius 2 is 1.75 bits per heavy atom. The van der Waals surface area contributed by atoms with Crippen molar-refractivity contribution in [1.82, 2.24) is 0 Å². The average molecular weight is 332 g/mol. The van der Waals surface area contributed by atoms with Gasteiger partial charge in [-0.2, -0.15) is 0 Å². The Labute approximate surface area is 141 Å². The second-order valence-corrected chi connectivity index (χ2v) is 6.34. The minimum Gasteiger partial charge on any atom is -0.481 e. The molecule has 1 aliphatic rings. The second kappa shape index (κ2) is 7.31. The minimum absolute atomic E-state index is 0.158. The molecule has 24 heavy (non-hydrogen) atoms. The van der Waals surface area contributed by atoms with Crippen molar-refractivity contribution in [1.29, 1.82) is 0 Å². The van der Waals surface area contributed by atoms with Gasteiger partial charge in [-0.25, -0.2) is 8.78 Å². The molecule has 0 heterocycles. The molecule has 0 radical (unpaired) electrons. The molecule has 0 saturated heterocycles. The summed E-state index contributed by atoms with van der Waals surface area (Å²) in [6, 6.07) is 16.8. The van der Waals surface area contributed by atoms with Gasteiger partial charge in [-0.15, -0.1) is 0 Å². The second-order valence-electron chi connectivity index (χ2n) is 6.34. The summed E-state index contributed by atoms with van der Waals surface area (Å²) in [7, 11) is 0. The Balaban J connectivity index is 1.71. The molecule has 0 aliphatic heterocycles. The van der Waals surface area contributed by atoms with Crippen LogP contribution in [-0.2, 0) is 11.3 Å². The molecule has 4 heteroatoms. The molecule has 0 spiro atoms. The third-order valence-electron chi connectivity index (χ3n) is 4.34. The predicted octanol–water partition coefficient (Wildman–Crippen LogP) is 5.15. The lowest BCUT2D eigenvalue weighted by molar-refractivity contribution is -0.181. The Kier molecular flexibility index (Phi) is 5.14. The molecule has 1 saturated carbocycles. The van der Waals surface area contributed by atoms with Gasteiger partial charge < -0.3 is 9.47 Å². The fourth-order valence-electron chi connectivity index (χ4n) is 2.98. The molecule has 0 aromatic heterocycles. The van der Waals surface area contributed by atoms with E-state index in [4.69, 9.17) is 9.47 Å². The van der Waals surface area contributed by atoms with Gasteiger partial charge in [-0.3, -0.25) is 0 Å². The lowest BCUT2D eigenvalue weighted by Gasteiger charge is -2.37. The zero-order chi connectivity index (χ0) is 17.0. The van der Waals surface area contributed by atoms with Gasteiger partial charge in [0.25, 0.3) is 5.92 Å². The van der Waals surface area contributed by atoms with Gasteiger partial charge in [-0.05, 0) is 37.5 Å². The summed E-state index contributed by atoms with van der Waals surface area (Å²) in [5.41, 5.74) is 2.04. The predicted molar refractivity (Wildman–Crippen MR) is 89.4 cm³/mol. The van der Waals surface area contributed by atoms with E-state index in [1.807, 2.05) is 49.4 Å². The van der Waals surface area contributed by atoms with E-state index in [0.29, 0.717) is 25.2 Å². The number of hydrogen-bond acceptors (Lipinski definition) is 2. The zero-order valence-corrected chi connectivity index (χ0v) is 13.8. The molecular weight excluding hydrogens is 310 g/mol. The van der Waals surface area contributed by atoms with Crippen molar-refractivity contribution < 1.29 is 18.3 Å². The fourth-order valence-corrected chi connectivity index (χ4v) is 2.98. The van der Waals surface area contributed by atoms with Crippen LogP contribution >= 0.6 is 0 Å². The minimum atomic E-state index is -2.88. The van der Waals surface area contributed by atoms with E-state index < -0.39 is 18.1 Å². The molecular formula is C20H22F2O2. The maximum Gasteiger partial charge on any atom is 0.286 e. The van der Waals surface area contributed by atoms with Gasteiger partial charge in [0.2, 0.25) is 0 Å². The molecule has 3 rings (SSSR count). The highest BCUT2D eigenvalue weighted by atomic mass is 19.3. The van der Waals surface area contributed by atoms with Crippen molar-refractivity contribution in [2.45, 2.75) is 50.9 Å². The maximum absolute atomic E-state index is 14.4. The quantitative estimate of drug-likeness (QED) is 0.754. The molecule has 1 fully saturated rings. The number of benzene rings is 2. The first-order valence-corrected chi connectivity index (χ1v) is 8.31. The number of alkyl halides is 2. The number of aryl methyl sites for hydroxylation is 1. The summed E-state index contributed by atoms with van der Waals surface area (Å²) in [4.78, 5) is 0. The Morgan fingerprint density at radius 3 is 2.46 bits per heavy atom. The third-order valence-corrected chi connectivity index (χ3v) is 4.34. The maximum atomic E-state index is 14.4. The van der Waals surface area contributed by atoms with Crippen LogP contribution in [0.2, 0.25) is 0 Å². The molecule has 0 N–H and O–H groups in total. The number of halogens is 2. The largest absolute Gasteiger partial charge is 0.481 e. The molecule has 2 atom stereocenters. The monoisotopic (exact) mass is 332 g/mol. The third kappa shape index (κ3) is 4.12. The van der Waals surface area contributed by atoms with E-state index in [1.54, 1.807) is 12.1 Å². The van der Waals surface area contributed by atoms with Gasteiger partial charge in [0, 0.05) is 6.42 Å². The van der Waals surface area contributed by atoms with Crippen LogP contribution in [0.1, 0.15) is 30.4 Å². The molecule has 2 aromatic carbocycles. The van der Waals surface area contributed by atoms with Crippen LogP contribution < -0.4 is 4.74 Å². The van der Waals surface area contributed by atoms with Crippen LogP contribution in [0.25, 0.3) is 0 Å². The van der Waals surface area contributed by atoms with E-state index in [9.17, 15) is 8.78 Å². The Bertz CT molecular complexity index is 640. The van der Waals surface area contributed by atoms with E-state index in [0.717, 1.165) is 11.1 Å². The van der Waals surface area contributed by atoms with Crippen molar-refractivity contribution in [2.75, 3.05) is 0 Å². The van der Waals surface area contributed by atoms with E-state index in [1.165, 1.54) is 0 Å². The van der Waals surface area contributed by atoms with Crippen LogP contribution in [0.5, 0.6) is 5.75 Å². The van der Waals surface area contributed by atoms with E-state index in [-0.39, 0.29) is 6.42 Å². The lowest BCUT2D eigenvalue weighted by Crippen LogP contribution is -2.51. The zero-order valence-electron chi connectivity index (χ0n) is 13.8. The first-order valence-electron chi connectivity index (χ1n) is 8.31. The topological polar surface area (TPSA) is 18.5 Å². The average Bonchev–Trinajstić information content (AvgIpc) is 2.58. The van der Waals surface area contributed by atoms with Crippen LogP contribution in [0.3, 0.4) is 0 Å². The number of hydrogen-bond donors (Lipinski definition) is 0. The van der Waals surface area contributed by atoms with E-state index in [2.05, 4.69) is 0 Å². The summed E-state index contributed by atoms with van der Waals surface area (Å²) < 4.78 is 40.3. The molecule has 0 amide bonds. The van der Waals surface area contributed by atoms with Crippen molar-refractivity contribution in [3.8, 4) is 5.75 Å². The molecule has 0 unspecified atom stereocenters. The summed E-state index contributed by atoms with van der Waals surface area (Å²) >= 11 is 0. The molecule has 2 aromatic rings. The van der Waals surface area contributed by atoms with Crippen molar-refractivity contribution in [2.24, 2.45) is 0 Å². The van der Waals surface area contributed by atoms with Crippen molar-refractivity contribution >= 4 is 0 Å². The van der Waals surface area contributed by atoms with Crippen LogP contribution in [0, 0.1) is 6.92 Å². The van der Waals surface area contributed by atoms with Gasteiger partial charge in [-0.1, -0.05) is 48.0 Å². The van der Waals surface area contributed by atoms with Crippen molar-refractivity contribution in [3.63, 3.8) is 0 Å². The van der Waals surface area contributed by atoms with Gasteiger partial charge >= 0.3 is 0 Å². The number of ether oxygens (including phenoxy) is 2. The highest BCUT2D eigenvalue weighted by molar-refractivity contribution is 5.27.